The van der Waals surface area contributed by atoms with Crippen LogP contribution in [0.5, 0.6) is 0 Å². The smallest absolute Gasteiger partial charge is 0.254 e. The highest BCUT2D eigenvalue weighted by Gasteiger charge is 2.30. The fourth-order valence-electron chi connectivity index (χ4n) is 2.86. The van der Waals surface area contributed by atoms with Crippen molar-refractivity contribution in [3.05, 3.63) is 52.9 Å². The van der Waals surface area contributed by atoms with Crippen molar-refractivity contribution in [1.29, 1.82) is 0 Å². The average Bonchev–Trinajstić information content (AvgIpc) is 3.11. The summed E-state index contributed by atoms with van der Waals surface area (Å²) in [5.74, 6) is 1.42. The van der Waals surface area contributed by atoms with Crippen molar-refractivity contribution in [2.75, 3.05) is 0 Å². The molecule has 0 aliphatic carbocycles. The quantitative estimate of drug-likeness (QED) is 0.844. The molecule has 1 unspecified atom stereocenters. The maximum absolute atomic E-state index is 12.4. The second kappa shape index (κ2) is 5.95. The zero-order valence-corrected chi connectivity index (χ0v) is 13.4. The first-order valence-corrected chi connectivity index (χ1v) is 7.90. The van der Waals surface area contributed by atoms with Crippen LogP contribution in [0.15, 0.2) is 34.9 Å². The van der Waals surface area contributed by atoms with Gasteiger partial charge in [0.2, 0.25) is 0 Å². The van der Waals surface area contributed by atoms with Crippen LogP contribution < -0.4 is 0 Å². The SMILES string of the molecule is CC(C)c1cc(CCC(C)N2Cc3ccccc3C2=O)no1. The molecular weight excluding hydrogens is 276 g/mol. The Kier molecular flexibility index (Phi) is 4.01. The van der Waals surface area contributed by atoms with Crippen LogP contribution in [-0.4, -0.2) is 22.0 Å². The van der Waals surface area contributed by atoms with E-state index in [1.54, 1.807) is 0 Å². The summed E-state index contributed by atoms with van der Waals surface area (Å²) >= 11 is 0. The van der Waals surface area contributed by atoms with Crippen molar-refractivity contribution in [1.82, 2.24) is 10.1 Å². The van der Waals surface area contributed by atoms with Gasteiger partial charge in [-0.25, -0.2) is 0 Å². The zero-order chi connectivity index (χ0) is 15.7. The predicted molar refractivity (Wildman–Crippen MR) is 84.7 cm³/mol. The lowest BCUT2D eigenvalue weighted by atomic mass is 10.1. The van der Waals surface area contributed by atoms with Crippen molar-refractivity contribution >= 4 is 5.91 Å². The van der Waals surface area contributed by atoms with Crippen molar-refractivity contribution in [2.24, 2.45) is 0 Å². The third kappa shape index (κ3) is 2.78. The standard InChI is InChI=1S/C18H22N2O2/c1-12(2)17-10-15(19-22-17)9-8-13(3)20-11-14-6-4-5-7-16(14)18(20)21/h4-7,10,12-13H,8-9,11H2,1-3H3. The van der Waals surface area contributed by atoms with Gasteiger partial charge < -0.3 is 9.42 Å². The summed E-state index contributed by atoms with van der Waals surface area (Å²) in [5, 5.41) is 4.12. The highest BCUT2D eigenvalue weighted by molar-refractivity contribution is 5.98. The number of rotatable bonds is 5. The van der Waals surface area contributed by atoms with E-state index in [1.165, 1.54) is 0 Å². The van der Waals surface area contributed by atoms with Crippen molar-refractivity contribution in [3.8, 4) is 0 Å². The van der Waals surface area contributed by atoms with E-state index in [0.29, 0.717) is 12.5 Å². The molecular formula is C18H22N2O2. The molecule has 1 aromatic heterocycles. The Morgan fingerprint density at radius 3 is 2.73 bits per heavy atom. The van der Waals surface area contributed by atoms with Crippen LogP contribution in [0.25, 0.3) is 0 Å². The maximum atomic E-state index is 12.4. The molecule has 1 aromatic carbocycles. The highest BCUT2D eigenvalue weighted by Crippen LogP contribution is 2.26. The molecule has 0 saturated heterocycles. The van der Waals surface area contributed by atoms with E-state index >= 15 is 0 Å². The molecule has 2 heterocycles. The van der Waals surface area contributed by atoms with Crippen LogP contribution in [-0.2, 0) is 13.0 Å². The number of carbonyl (C=O) groups is 1. The van der Waals surface area contributed by atoms with E-state index in [0.717, 1.165) is 35.4 Å². The molecule has 2 aromatic rings. The molecule has 3 rings (SSSR count). The number of benzene rings is 1. The van der Waals surface area contributed by atoms with Crippen LogP contribution >= 0.6 is 0 Å². The van der Waals surface area contributed by atoms with Gasteiger partial charge in [-0.3, -0.25) is 4.79 Å². The average molecular weight is 298 g/mol. The van der Waals surface area contributed by atoms with E-state index < -0.39 is 0 Å². The van der Waals surface area contributed by atoms with Gasteiger partial charge in [-0.2, -0.15) is 0 Å². The molecule has 116 valence electrons. The minimum absolute atomic E-state index is 0.145. The zero-order valence-electron chi connectivity index (χ0n) is 13.4. The summed E-state index contributed by atoms with van der Waals surface area (Å²) < 4.78 is 5.33. The molecule has 0 fully saturated rings. The molecule has 1 amide bonds. The summed E-state index contributed by atoms with van der Waals surface area (Å²) in [6, 6.07) is 10.1. The molecule has 1 aliphatic rings. The molecule has 0 radical (unpaired) electrons. The Balaban J connectivity index is 1.61. The van der Waals surface area contributed by atoms with Gasteiger partial charge in [0.05, 0.1) is 5.69 Å². The minimum Gasteiger partial charge on any atom is -0.361 e. The molecule has 1 aliphatic heterocycles. The van der Waals surface area contributed by atoms with Gasteiger partial charge in [-0.1, -0.05) is 37.2 Å². The lowest BCUT2D eigenvalue weighted by molar-refractivity contribution is 0.0709. The van der Waals surface area contributed by atoms with E-state index in [9.17, 15) is 4.79 Å². The first-order chi connectivity index (χ1) is 10.6. The third-order valence-corrected chi connectivity index (χ3v) is 4.35. The number of aryl methyl sites for hydroxylation is 1. The fraction of sp³-hybridized carbons (Fsp3) is 0.444. The van der Waals surface area contributed by atoms with Gasteiger partial charge in [-0.15, -0.1) is 0 Å². The molecule has 22 heavy (non-hydrogen) atoms. The molecule has 0 bridgehead atoms. The van der Waals surface area contributed by atoms with E-state index in [4.69, 9.17) is 4.52 Å². The topological polar surface area (TPSA) is 46.3 Å². The number of amides is 1. The highest BCUT2D eigenvalue weighted by atomic mass is 16.5. The summed E-state index contributed by atoms with van der Waals surface area (Å²) in [4.78, 5) is 14.4. The monoisotopic (exact) mass is 298 g/mol. The Bertz CT molecular complexity index is 675. The van der Waals surface area contributed by atoms with Crippen LogP contribution in [0.1, 0.15) is 60.5 Å². The number of aromatic nitrogens is 1. The normalized spacial score (nSPS) is 15.5. The Labute approximate surface area is 131 Å². The molecule has 4 nitrogen and oxygen atoms in total. The van der Waals surface area contributed by atoms with E-state index in [1.807, 2.05) is 35.2 Å². The van der Waals surface area contributed by atoms with Crippen LogP contribution in [0.4, 0.5) is 0 Å². The summed E-state index contributed by atoms with van der Waals surface area (Å²) in [6.07, 6.45) is 1.72. The first-order valence-electron chi connectivity index (χ1n) is 7.90. The Morgan fingerprint density at radius 1 is 1.27 bits per heavy atom. The van der Waals surface area contributed by atoms with Crippen molar-refractivity contribution in [2.45, 2.75) is 52.1 Å². The molecule has 1 atom stereocenters. The van der Waals surface area contributed by atoms with Crippen molar-refractivity contribution in [3.63, 3.8) is 0 Å². The second-order valence-corrected chi connectivity index (χ2v) is 6.35. The van der Waals surface area contributed by atoms with Gasteiger partial charge in [0, 0.05) is 30.1 Å². The molecule has 0 N–H and O–H groups in total. The van der Waals surface area contributed by atoms with Gasteiger partial charge in [-0.05, 0) is 31.4 Å². The van der Waals surface area contributed by atoms with Crippen LogP contribution in [0, 0.1) is 0 Å². The molecule has 4 heteroatoms. The Morgan fingerprint density at radius 2 is 2.05 bits per heavy atom. The Hall–Kier alpha value is -2.10. The fourth-order valence-corrected chi connectivity index (χ4v) is 2.86. The van der Waals surface area contributed by atoms with E-state index in [-0.39, 0.29) is 11.9 Å². The maximum Gasteiger partial charge on any atom is 0.254 e. The van der Waals surface area contributed by atoms with Crippen LogP contribution in [0.3, 0.4) is 0 Å². The third-order valence-electron chi connectivity index (χ3n) is 4.35. The van der Waals surface area contributed by atoms with Crippen molar-refractivity contribution < 1.29 is 9.32 Å². The summed E-state index contributed by atoms with van der Waals surface area (Å²) in [7, 11) is 0. The van der Waals surface area contributed by atoms with Crippen LogP contribution in [0.2, 0.25) is 0 Å². The number of fused-ring (bicyclic) bond motifs is 1. The lowest BCUT2D eigenvalue weighted by Gasteiger charge is -2.23. The molecule has 0 saturated carbocycles. The van der Waals surface area contributed by atoms with Gasteiger partial charge in [0.1, 0.15) is 5.76 Å². The lowest BCUT2D eigenvalue weighted by Crippen LogP contribution is -2.33. The summed E-state index contributed by atoms with van der Waals surface area (Å²) in [6.45, 7) is 7.00. The number of carbonyl (C=O) groups excluding carboxylic acids is 1. The molecule has 0 spiro atoms. The first kappa shape index (κ1) is 14.8. The van der Waals surface area contributed by atoms with E-state index in [2.05, 4.69) is 25.9 Å². The largest absolute Gasteiger partial charge is 0.361 e. The number of hydrogen-bond donors (Lipinski definition) is 0. The number of nitrogens with zero attached hydrogens (tertiary/aromatic N) is 2. The predicted octanol–water partition coefficient (Wildman–Crippen LogP) is 3.78. The minimum atomic E-state index is 0.145. The van der Waals surface area contributed by atoms with Gasteiger partial charge in [0.25, 0.3) is 5.91 Å². The van der Waals surface area contributed by atoms with Gasteiger partial charge in [0.15, 0.2) is 0 Å². The van der Waals surface area contributed by atoms with Gasteiger partial charge >= 0.3 is 0 Å². The number of hydrogen-bond acceptors (Lipinski definition) is 3. The summed E-state index contributed by atoms with van der Waals surface area (Å²) in [5.41, 5.74) is 2.94. The second-order valence-electron chi connectivity index (χ2n) is 6.35.